The van der Waals surface area contributed by atoms with Crippen LogP contribution in [0, 0.1) is 5.41 Å². The average molecular weight is 349 g/mol. The molecule has 0 saturated carbocycles. The molecule has 1 unspecified atom stereocenters. The minimum atomic E-state index is -0.620. The molecule has 0 aliphatic carbocycles. The molecular formula is C15H29ClN4O3. The highest BCUT2D eigenvalue weighted by molar-refractivity contribution is 5.91. The summed E-state index contributed by atoms with van der Waals surface area (Å²) in [5, 5.41) is 5.26. The Labute approximate surface area is 144 Å². The standard InChI is InChI=1S/C15H28N4O3.ClH/c1-4-15(5-2,10-16)14(22)18-9-12(20)19-8-6-7-11(19)13(21)17-3;/h11H,4-10,16H2,1-3H3,(H,17,21)(H,18,22);1H. The molecule has 0 bridgehead atoms. The highest BCUT2D eigenvalue weighted by Crippen LogP contribution is 2.25. The van der Waals surface area contributed by atoms with Crippen LogP contribution in [0.25, 0.3) is 0 Å². The molecule has 23 heavy (non-hydrogen) atoms. The molecule has 1 rings (SSSR count). The summed E-state index contributed by atoms with van der Waals surface area (Å²) in [6, 6.07) is -0.425. The normalized spacial score (nSPS) is 17.4. The van der Waals surface area contributed by atoms with Gasteiger partial charge < -0.3 is 21.3 Å². The summed E-state index contributed by atoms with van der Waals surface area (Å²) in [4.78, 5) is 37.9. The van der Waals surface area contributed by atoms with Crippen LogP contribution in [0.5, 0.6) is 0 Å². The molecule has 8 heteroatoms. The molecule has 134 valence electrons. The van der Waals surface area contributed by atoms with Crippen LogP contribution < -0.4 is 16.4 Å². The maximum Gasteiger partial charge on any atom is 0.242 e. The molecule has 0 aromatic carbocycles. The number of hydrogen-bond acceptors (Lipinski definition) is 4. The van der Waals surface area contributed by atoms with E-state index in [0.29, 0.717) is 25.8 Å². The third-order valence-corrected chi connectivity index (χ3v) is 4.75. The van der Waals surface area contributed by atoms with Gasteiger partial charge in [0, 0.05) is 20.1 Å². The minimum absolute atomic E-state index is 0. The fraction of sp³-hybridized carbons (Fsp3) is 0.800. The van der Waals surface area contributed by atoms with Gasteiger partial charge in [0.15, 0.2) is 0 Å². The topological polar surface area (TPSA) is 105 Å². The van der Waals surface area contributed by atoms with Crippen LogP contribution in [0.1, 0.15) is 39.5 Å². The molecule has 0 aromatic heterocycles. The molecular weight excluding hydrogens is 320 g/mol. The first-order valence-electron chi connectivity index (χ1n) is 7.95. The van der Waals surface area contributed by atoms with Crippen LogP contribution in [0.3, 0.4) is 0 Å². The SMILES string of the molecule is CCC(CC)(CN)C(=O)NCC(=O)N1CCCC1C(=O)NC.Cl. The van der Waals surface area contributed by atoms with E-state index in [-0.39, 0.29) is 43.2 Å². The van der Waals surface area contributed by atoms with Crippen molar-refractivity contribution in [1.82, 2.24) is 15.5 Å². The molecule has 3 amide bonds. The second-order valence-electron chi connectivity index (χ2n) is 5.73. The smallest absolute Gasteiger partial charge is 0.242 e. The number of halogens is 1. The molecule has 1 aliphatic rings. The van der Waals surface area contributed by atoms with E-state index >= 15 is 0 Å². The van der Waals surface area contributed by atoms with Crippen molar-refractivity contribution in [3.05, 3.63) is 0 Å². The zero-order chi connectivity index (χ0) is 16.8. The molecule has 0 spiro atoms. The van der Waals surface area contributed by atoms with Gasteiger partial charge in [0.05, 0.1) is 12.0 Å². The van der Waals surface area contributed by atoms with Crippen molar-refractivity contribution >= 4 is 30.1 Å². The number of rotatable bonds is 7. The van der Waals surface area contributed by atoms with Gasteiger partial charge in [-0.05, 0) is 25.7 Å². The second kappa shape index (κ2) is 9.72. The third-order valence-electron chi connectivity index (χ3n) is 4.75. The van der Waals surface area contributed by atoms with E-state index in [9.17, 15) is 14.4 Å². The molecule has 1 atom stereocenters. The summed E-state index contributed by atoms with van der Waals surface area (Å²) < 4.78 is 0. The number of carbonyl (C=O) groups excluding carboxylic acids is 3. The van der Waals surface area contributed by atoms with Gasteiger partial charge in [-0.3, -0.25) is 14.4 Å². The Hall–Kier alpha value is -1.34. The second-order valence-corrected chi connectivity index (χ2v) is 5.73. The maximum atomic E-state index is 12.3. The van der Waals surface area contributed by atoms with Crippen molar-refractivity contribution in [2.75, 3.05) is 26.7 Å². The fourth-order valence-corrected chi connectivity index (χ4v) is 2.90. The summed E-state index contributed by atoms with van der Waals surface area (Å²) >= 11 is 0. The molecule has 0 radical (unpaired) electrons. The summed E-state index contributed by atoms with van der Waals surface area (Å²) in [6.45, 7) is 4.55. The van der Waals surface area contributed by atoms with Gasteiger partial charge in [0.2, 0.25) is 17.7 Å². The molecule has 1 aliphatic heterocycles. The maximum absolute atomic E-state index is 12.3. The number of nitrogens with zero attached hydrogens (tertiary/aromatic N) is 1. The van der Waals surface area contributed by atoms with Crippen molar-refractivity contribution in [3.63, 3.8) is 0 Å². The van der Waals surface area contributed by atoms with Crippen LogP contribution in [0.2, 0.25) is 0 Å². The minimum Gasteiger partial charge on any atom is -0.357 e. The van der Waals surface area contributed by atoms with Crippen molar-refractivity contribution in [2.24, 2.45) is 11.1 Å². The monoisotopic (exact) mass is 348 g/mol. The molecule has 1 saturated heterocycles. The van der Waals surface area contributed by atoms with E-state index < -0.39 is 11.5 Å². The molecule has 1 fully saturated rings. The number of hydrogen-bond donors (Lipinski definition) is 3. The lowest BCUT2D eigenvalue weighted by Gasteiger charge is -2.29. The first kappa shape index (κ1) is 21.7. The number of likely N-dealkylation sites (tertiary alicyclic amines) is 1. The fourth-order valence-electron chi connectivity index (χ4n) is 2.90. The van der Waals surface area contributed by atoms with E-state index in [4.69, 9.17) is 5.73 Å². The lowest BCUT2D eigenvalue weighted by atomic mass is 9.81. The van der Waals surface area contributed by atoms with Gasteiger partial charge in [-0.2, -0.15) is 0 Å². The van der Waals surface area contributed by atoms with E-state index in [1.807, 2.05) is 13.8 Å². The van der Waals surface area contributed by atoms with Gasteiger partial charge >= 0.3 is 0 Å². The number of likely N-dealkylation sites (N-methyl/N-ethyl adjacent to an activating group) is 1. The first-order valence-corrected chi connectivity index (χ1v) is 7.95. The lowest BCUT2D eigenvalue weighted by molar-refractivity contribution is -0.139. The van der Waals surface area contributed by atoms with Gasteiger partial charge in [0.25, 0.3) is 0 Å². The van der Waals surface area contributed by atoms with Crippen LogP contribution in [-0.4, -0.2) is 55.3 Å². The van der Waals surface area contributed by atoms with E-state index in [2.05, 4.69) is 10.6 Å². The Balaban J connectivity index is 0.00000484. The van der Waals surface area contributed by atoms with Crippen LogP contribution in [0.4, 0.5) is 0 Å². The Bertz CT molecular complexity index is 419. The predicted molar refractivity (Wildman–Crippen MR) is 91.1 cm³/mol. The highest BCUT2D eigenvalue weighted by atomic mass is 35.5. The summed E-state index contributed by atoms with van der Waals surface area (Å²) in [6.07, 6.45) is 2.72. The molecule has 7 nitrogen and oxygen atoms in total. The van der Waals surface area contributed by atoms with Crippen molar-refractivity contribution in [1.29, 1.82) is 0 Å². The zero-order valence-electron chi connectivity index (χ0n) is 14.2. The van der Waals surface area contributed by atoms with Gasteiger partial charge in [-0.15, -0.1) is 12.4 Å². The van der Waals surface area contributed by atoms with Gasteiger partial charge in [0.1, 0.15) is 6.04 Å². The van der Waals surface area contributed by atoms with E-state index in [0.717, 1.165) is 6.42 Å². The molecule has 1 heterocycles. The van der Waals surface area contributed by atoms with E-state index in [1.54, 1.807) is 11.9 Å². The largest absolute Gasteiger partial charge is 0.357 e. The summed E-state index contributed by atoms with van der Waals surface area (Å²) in [5.74, 6) is -0.572. The number of nitrogens with two attached hydrogens (primary N) is 1. The summed E-state index contributed by atoms with van der Waals surface area (Å²) in [5.41, 5.74) is 5.11. The Kier molecular flexibility index (Phi) is 9.16. The van der Waals surface area contributed by atoms with Crippen molar-refractivity contribution in [2.45, 2.75) is 45.6 Å². The predicted octanol–water partition coefficient (Wildman–Crippen LogP) is 0.0265. The highest BCUT2D eigenvalue weighted by Gasteiger charge is 2.36. The van der Waals surface area contributed by atoms with Crippen molar-refractivity contribution < 1.29 is 14.4 Å². The summed E-state index contributed by atoms with van der Waals surface area (Å²) in [7, 11) is 1.56. The quantitative estimate of drug-likeness (QED) is 0.603. The Morgan fingerprint density at radius 1 is 1.26 bits per heavy atom. The number of nitrogens with one attached hydrogen (secondary N) is 2. The molecule has 4 N–H and O–H groups in total. The van der Waals surface area contributed by atoms with E-state index in [1.165, 1.54) is 0 Å². The van der Waals surface area contributed by atoms with Gasteiger partial charge in [-0.1, -0.05) is 13.8 Å². The van der Waals surface area contributed by atoms with Gasteiger partial charge in [-0.25, -0.2) is 0 Å². The van der Waals surface area contributed by atoms with Crippen LogP contribution in [0.15, 0.2) is 0 Å². The third kappa shape index (κ3) is 4.81. The zero-order valence-corrected chi connectivity index (χ0v) is 15.0. The van der Waals surface area contributed by atoms with Crippen LogP contribution >= 0.6 is 12.4 Å². The Morgan fingerprint density at radius 3 is 2.35 bits per heavy atom. The average Bonchev–Trinajstić information content (AvgIpc) is 3.03. The first-order chi connectivity index (χ1) is 10.5. The molecule has 0 aromatic rings. The van der Waals surface area contributed by atoms with Crippen LogP contribution in [-0.2, 0) is 14.4 Å². The number of carbonyl (C=O) groups is 3. The Morgan fingerprint density at radius 2 is 1.87 bits per heavy atom. The lowest BCUT2D eigenvalue weighted by Crippen LogP contribution is -2.51. The van der Waals surface area contributed by atoms with Crippen molar-refractivity contribution in [3.8, 4) is 0 Å². The number of amides is 3.